The van der Waals surface area contributed by atoms with Gasteiger partial charge in [0, 0.05) is 42.2 Å². The van der Waals surface area contributed by atoms with Crippen LogP contribution in [0.2, 0.25) is 0 Å². The Hall–Kier alpha value is -2.97. The summed E-state index contributed by atoms with van der Waals surface area (Å²) < 4.78 is 17.6. The van der Waals surface area contributed by atoms with Gasteiger partial charge in [-0.1, -0.05) is 30.5 Å². The minimum atomic E-state index is -0.160. The third-order valence-electron chi connectivity index (χ3n) is 11.2. The predicted octanol–water partition coefficient (Wildman–Crippen LogP) is 9.45. The molecule has 0 N–H and O–H groups in total. The first-order valence-corrected chi connectivity index (χ1v) is 18.4. The monoisotopic (exact) mass is 658 g/mol. The van der Waals surface area contributed by atoms with Crippen LogP contribution in [0.4, 0.5) is 0 Å². The number of ether oxygens (including phenoxy) is 3. The van der Waals surface area contributed by atoms with Gasteiger partial charge < -0.3 is 14.2 Å². The van der Waals surface area contributed by atoms with E-state index < -0.39 is 0 Å². The Kier molecular flexibility index (Phi) is 17.3. The molecule has 0 amide bonds. The summed E-state index contributed by atoms with van der Waals surface area (Å²) in [4.78, 5) is 42.8. The Balaban J connectivity index is 1.57. The van der Waals surface area contributed by atoms with Gasteiger partial charge in [-0.2, -0.15) is 0 Å². The van der Waals surface area contributed by atoms with Crippen LogP contribution >= 0.6 is 0 Å². The summed E-state index contributed by atoms with van der Waals surface area (Å²) in [6.45, 7) is 5.40. The lowest BCUT2D eigenvalue weighted by molar-refractivity contribution is -0.154. The first kappa shape index (κ1) is 38.5. The molecule has 3 fully saturated rings. The van der Waals surface area contributed by atoms with Crippen molar-refractivity contribution in [1.29, 1.82) is 0 Å². The maximum Gasteiger partial charge on any atom is 0.306 e. The van der Waals surface area contributed by atoms with Gasteiger partial charge in [0.2, 0.25) is 0 Å². The minimum absolute atomic E-state index is 0.0172. The van der Waals surface area contributed by atoms with Gasteiger partial charge in [-0.3, -0.25) is 14.4 Å². The molecule has 47 heavy (non-hydrogen) atoms. The van der Waals surface area contributed by atoms with E-state index in [9.17, 15) is 14.4 Å². The number of esters is 3. The third kappa shape index (κ3) is 12.9. The summed E-state index contributed by atoms with van der Waals surface area (Å²) in [5, 5.41) is 7.06. The first-order valence-electron chi connectivity index (χ1n) is 18.4. The van der Waals surface area contributed by atoms with Crippen molar-refractivity contribution >= 4 is 17.9 Å². The second-order valence-corrected chi connectivity index (χ2v) is 14.2. The van der Waals surface area contributed by atoms with Crippen molar-refractivity contribution in [1.82, 2.24) is 0 Å². The Labute approximate surface area is 280 Å². The van der Waals surface area contributed by atoms with Crippen molar-refractivity contribution in [3.63, 3.8) is 0 Å². The fourth-order valence-electron chi connectivity index (χ4n) is 8.46. The zero-order chi connectivity index (χ0) is 33.9. The normalized spacial score (nSPS) is 27.3. The Bertz CT molecular complexity index is 1010. The summed E-state index contributed by atoms with van der Waals surface area (Å²) in [5.41, 5.74) is 16.9. The number of hydrogen-bond acceptors (Lipinski definition) is 8. The van der Waals surface area contributed by atoms with E-state index in [1.165, 1.54) is 0 Å². The Morgan fingerprint density at radius 2 is 0.894 bits per heavy atom. The first-order chi connectivity index (χ1) is 22.8. The van der Waals surface area contributed by atoms with E-state index in [0.717, 1.165) is 89.9 Å². The quantitative estimate of drug-likeness (QED) is 0.0333. The molecule has 0 bridgehead atoms. The summed E-state index contributed by atoms with van der Waals surface area (Å²) in [6.07, 6.45) is 17.3. The van der Waals surface area contributed by atoms with Gasteiger partial charge >= 0.3 is 17.9 Å². The highest BCUT2D eigenvalue weighted by Gasteiger charge is 2.49. The second-order valence-electron chi connectivity index (χ2n) is 14.2. The van der Waals surface area contributed by atoms with Gasteiger partial charge in [0.15, 0.2) is 0 Å². The maximum absolute atomic E-state index is 12.5. The highest BCUT2D eigenvalue weighted by Crippen LogP contribution is 2.56. The molecule has 3 saturated carbocycles. The Morgan fingerprint density at radius 1 is 0.574 bits per heavy atom. The molecule has 0 atom stereocenters. The molecule has 0 aliphatic heterocycles. The average molecular weight is 659 g/mol. The number of nitrogens with zero attached hydrogens (tertiary/aromatic N) is 6. The largest absolute Gasteiger partial charge is 0.462 e. The zero-order valence-electron chi connectivity index (χ0n) is 28.9. The molecule has 0 unspecified atom stereocenters. The molecule has 0 saturated heterocycles. The number of carbonyl (C=O) groups excluding carboxylic acids is 3. The predicted molar refractivity (Wildman–Crippen MR) is 179 cm³/mol. The topological polar surface area (TPSA) is 176 Å². The minimum Gasteiger partial charge on any atom is -0.462 e. The van der Waals surface area contributed by atoms with Crippen LogP contribution in [0.5, 0.6) is 0 Å². The fourth-order valence-corrected chi connectivity index (χ4v) is 8.46. The molecule has 0 aromatic carbocycles. The van der Waals surface area contributed by atoms with Crippen molar-refractivity contribution in [2.45, 2.75) is 167 Å². The van der Waals surface area contributed by atoms with Crippen molar-refractivity contribution in [2.24, 2.45) is 33.4 Å². The van der Waals surface area contributed by atoms with Crippen molar-refractivity contribution in [3.05, 3.63) is 20.9 Å². The number of hydrogen-bond donors (Lipinski definition) is 0. The summed E-state index contributed by atoms with van der Waals surface area (Å²) >= 11 is 0. The van der Waals surface area contributed by atoms with E-state index in [1.54, 1.807) is 0 Å². The third-order valence-corrected chi connectivity index (χ3v) is 11.2. The lowest BCUT2D eigenvalue weighted by Crippen LogP contribution is -2.47. The van der Waals surface area contributed by atoms with E-state index in [-0.39, 0.29) is 41.6 Å². The molecule has 0 heterocycles. The van der Waals surface area contributed by atoms with Crippen molar-refractivity contribution in [3.8, 4) is 0 Å². The van der Waals surface area contributed by atoms with E-state index in [2.05, 4.69) is 33.9 Å². The standard InChI is InChI=1S/C35H58N6O6/c1-3-4-9-32(42)45-29-18-12-26(13-19-29)35(2,27-14-20-30(21-15-27)46-33(43)10-5-7-24-38-40-36)28-16-22-31(23-17-28)47-34(44)11-6-8-25-39-41-37/h26-31H,3-25H2,1-2H3. The molecular weight excluding hydrogens is 600 g/mol. The summed E-state index contributed by atoms with van der Waals surface area (Å²) in [6, 6.07) is 0. The fraction of sp³-hybridized carbons (Fsp3) is 0.914. The van der Waals surface area contributed by atoms with E-state index in [1.807, 2.05) is 0 Å². The average Bonchev–Trinajstić information content (AvgIpc) is 3.08. The van der Waals surface area contributed by atoms with Crippen LogP contribution in [0.15, 0.2) is 10.2 Å². The number of azide groups is 2. The smallest absolute Gasteiger partial charge is 0.306 e. The maximum atomic E-state index is 12.5. The van der Waals surface area contributed by atoms with Crippen LogP contribution in [0.25, 0.3) is 20.9 Å². The van der Waals surface area contributed by atoms with E-state index >= 15 is 0 Å². The van der Waals surface area contributed by atoms with Gasteiger partial charge in [0.1, 0.15) is 18.3 Å². The van der Waals surface area contributed by atoms with E-state index in [4.69, 9.17) is 25.3 Å². The second kappa shape index (κ2) is 21.1. The van der Waals surface area contributed by atoms with Gasteiger partial charge in [-0.05, 0) is 143 Å². The van der Waals surface area contributed by atoms with Gasteiger partial charge in [-0.15, -0.1) is 0 Å². The molecule has 3 rings (SSSR count). The lowest BCUT2D eigenvalue weighted by Gasteiger charge is -2.54. The SMILES string of the molecule is CCCCC(=O)OC1CCC(C(C)(C2CCC(OC(=O)CCCCN=[N+]=[N-])CC2)C2CCC(OC(=O)CCCCN=[N+]=[N-])CC2)CC1. The molecule has 12 nitrogen and oxygen atoms in total. The molecular formula is C35H58N6O6. The number of unbranched alkanes of at least 4 members (excludes halogenated alkanes) is 3. The molecule has 0 radical (unpaired) electrons. The van der Waals surface area contributed by atoms with Crippen LogP contribution < -0.4 is 0 Å². The summed E-state index contributed by atoms with van der Waals surface area (Å²) in [7, 11) is 0. The lowest BCUT2D eigenvalue weighted by atomic mass is 9.52. The van der Waals surface area contributed by atoms with Gasteiger partial charge in [-0.25, -0.2) is 0 Å². The zero-order valence-corrected chi connectivity index (χ0v) is 28.9. The molecule has 0 aromatic rings. The highest BCUT2D eigenvalue weighted by atomic mass is 16.6. The van der Waals surface area contributed by atoms with Gasteiger partial charge in [0.25, 0.3) is 0 Å². The van der Waals surface area contributed by atoms with Crippen LogP contribution in [-0.4, -0.2) is 49.3 Å². The number of rotatable bonds is 19. The van der Waals surface area contributed by atoms with E-state index in [0.29, 0.717) is 75.8 Å². The van der Waals surface area contributed by atoms with Crippen LogP contribution in [0.1, 0.15) is 149 Å². The Morgan fingerprint density at radius 3 is 1.19 bits per heavy atom. The van der Waals surface area contributed by atoms with Crippen LogP contribution in [-0.2, 0) is 28.6 Å². The van der Waals surface area contributed by atoms with Gasteiger partial charge in [0.05, 0.1) is 0 Å². The molecule has 12 heteroatoms. The van der Waals surface area contributed by atoms with Crippen molar-refractivity contribution < 1.29 is 28.6 Å². The molecule has 3 aliphatic rings. The molecule has 0 aromatic heterocycles. The van der Waals surface area contributed by atoms with Crippen molar-refractivity contribution in [2.75, 3.05) is 13.1 Å². The van der Waals surface area contributed by atoms with Crippen LogP contribution in [0.3, 0.4) is 0 Å². The molecule has 264 valence electrons. The highest BCUT2D eigenvalue weighted by molar-refractivity contribution is 5.70. The van der Waals surface area contributed by atoms with Crippen LogP contribution in [0, 0.1) is 23.2 Å². The summed E-state index contributed by atoms with van der Waals surface area (Å²) in [5.74, 6) is 1.20. The number of carbonyl (C=O) groups is 3. The molecule has 0 spiro atoms. The molecule has 3 aliphatic carbocycles.